The monoisotopic (exact) mass is 310 g/mol. The number of benzene rings is 1. The Labute approximate surface area is 113 Å². The third-order valence-corrected chi connectivity index (χ3v) is 3.17. The van der Waals surface area contributed by atoms with E-state index in [1.807, 2.05) is 29.1 Å². The van der Waals surface area contributed by atoms with Crippen molar-refractivity contribution in [1.29, 1.82) is 0 Å². The second kappa shape index (κ2) is 5.82. The summed E-state index contributed by atoms with van der Waals surface area (Å²) < 4.78 is 15.9. The summed E-state index contributed by atoms with van der Waals surface area (Å²) in [5.74, 6) is -0.935. The fourth-order valence-electron chi connectivity index (χ4n) is 1.62. The van der Waals surface area contributed by atoms with Gasteiger partial charge in [0.2, 0.25) is 0 Å². The van der Waals surface area contributed by atoms with Crippen molar-refractivity contribution >= 4 is 21.8 Å². The van der Waals surface area contributed by atoms with Crippen molar-refractivity contribution in [2.45, 2.75) is 6.54 Å². The average Bonchev–Trinajstić information content (AvgIpc) is 2.82. The third-order valence-electron chi connectivity index (χ3n) is 2.51. The molecule has 1 heterocycles. The average molecular weight is 311 g/mol. The maximum absolute atomic E-state index is 13.5. The van der Waals surface area contributed by atoms with Gasteiger partial charge in [0.05, 0.1) is 5.56 Å². The van der Waals surface area contributed by atoms with Crippen molar-refractivity contribution in [3.63, 3.8) is 0 Å². The van der Waals surface area contributed by atoms with Crippen LogP contribution in [0.1, 0.15) is 10.4 Å². The van der Waals surface area contributed by atoms with E-state index in [0.717, 1.165) is 0 Å². The highest BCUT2D eigenvalue weighted by Gasteiger charge is 2.14. The van der Waals surface area contributed by atoms with E-state index >= 15 is 0 Å². The first-order valence-corrected chi connectivity index (χ1v) is 6.31. The Bertz CT molecular complexity index is 520. The van der Waals surface area contributed by atoms with Crippen molar-refractivity contribution in [2.24, 2.45) is 0 Å². The Kier molecular flexibility index (Phi) is 4.15. The van der Waals surface area contributed by atoms with Crippen LogP contribution in [0.5, 0.6) is 0 Å². The van der Waals surface area contributed by atoms with Gasteiger partial charge in [0.1, 0.15) is 5.82 Å². The summed E-state index contributed by atoms with van der Waals surface area (Å²) in [7, 11) is 0. The summed E-state index contributed by atoms with van der Waals surface area (Å²) in [5.41, 5.74) is 0.0463. The van der Waals surface area contributed by atoms with Crippen molar-refractivity contribution in [1.82, 2.24) is 9.88 Å². The topological polar surface area (TPSA) is 34.0 Å². The van der Waals surface area contributed by atoms with Gasteiger partial charge in [0.25, 0.3) is 5.91 Å². The predicted octanol–water partition coefficient (Wildman–Crippen LogP) is 2.82. The Morgan fingerprint density at radius 2 is 2.00 bits per heavy atom. The molecule has 0 atom stereocenters. The maximum Gasteiger partial charge on any atom is 0.255 e. The van der Waals surface area contributed by atoms with Crippen LogP contribution in [0.2, 0.25) is 0 Å². The molecule has 0 fully saturated rings. The molecule has 0 aliphatic carbocycles. The molecule has 1 aromatic heterocycles. The van der Waals surface area contributed by atoms with Gasteiger partial charge in [-0.05, 0) is 40.2 Å². The second-order valence-electron chi connectivity index (χ2n) is 3.77. The summed E-state index contributed by atoms with van der Waals surface area (Å²) >= 11 is 3.17. The van der Waals surface area contributed by atoms with Crippen LogP contribution in [0.3, 0.4) is 0 Å². The SMILES string of the molecule is O=C(NCCn1cccc1)c1c(F)cccc1Br. The fourth-order valence-corrected chi connectivity index (χ4v) is 2.14. The molecule has 0 aliphatic heterocycles. The van der Waals surface area contributed by atoms with Crippen LogP contribution >= 0.6 is 15.9 Å². The van der Waals surface area contributed by atoms with Crippen LogP contribution in [0.25, 0.3) is 0 Å². The van der Waals surface area contributed by atoms with Crippen LogP contribution in [-0.4, -0.2) is 17.0 Å². The summed E-state index contributed by atoms with van der Waals surface area (Å²) in [6.07, 6.45) is 3.82. The van der Waals surface area contributed by atoms with Gasteiger partial charge in [0.15, 0.2) is 0 Å². The van der Waals surface area contributed by atoms with E-state index in [2.05, 4.69) is 21.2 Å². The molecule has 0 unspecified atom stereocenters. The van der Waals surface area contributed by atoms with E-state index < -0.39 is 11.7 Å². The molecular weight excluding hydrogens is 299 g/mol. The van der Waals surface area contributed by atoms with Gasteiger partial charge in [-0.3, -0.25) is 4.79 Å². The van der Waals surface area contributed by atoms with Crippen molar-refractivity contribution in [2.75, 3.05) is 6.54 Å². The van der Waals surface area contributed by atoms with Crippen LogP contribution < -0.4 is 5.32 Å². The number of hydrogen-bond acceptors (Lipinski definition) is 1. The predicted molar refractivity (Wildman–Crippen MR) is 70.9 cm³/mol. The van der Waals surface area contributed by atoms with Crippen LogP contribution in [-0.2, 0) is 6.54 Å². The molecule has 1 amide bonds. The first-order chi connectivity index (χ1) is 8.68. The zero-order chi connectivity index (χ0) is 13.0. The molecule has 0 spiro atoms. The van der Waals surface area contributed by atoms with E-state index in [0.29, 0.717) is 17.6 Å². The highest BCUT2D eigenvalue weighted by atomic mass is 79.9. The largest absolute Gasteiger partial charge is 0.353 e. The molecule has 5 heteroatoms. The lowest BCUT2D eigenvalue weighted by Crippen LogP contribution is -2.28. The molecule has 0 radical (unpaired) electrons. The minimum atomic E-state index is -0.525. The molecule has 94 valence electrons. The molecule has 3 nitrogen and oxygen atoms in total. The molecule has 0 bridgehead atoms. The Morgan fingerprint density at radius 1 is 1.28 bits per heavy atom. The van der Waals surface area contributed by atoms with Crippen molar-refractivity contribution in [3.8, 4) is 0 Å². The molecule has 0 saturated heterocycles. The number of amides is 1. The van der Waals surface area contributed by atoms with Gasteiger partial charge >= 0.3 is 0 Å². The molecular formula is C13H12BrFN2O. The quantitative estimate of drug-likeness (QED) is 0.925. The summed E-state index contributed by atoms with van der Waals surface area (Å²) in [6, 6.07) is 8.29. The number of nitrogens with one attached hydrogen (secondary N) is 1. The first kappa shape index (κ1) is 12.8. The third kappa shape index (κ3) is 2.98. The number of hydrogen-bond donors (Lipinski definition) is 1. The maximum atomic E-state index is 13.5. The highest BCUT2D eigenvalue weighted by molar-refractivity contribution is 9.10. The van der Waals surface area contributed by atoms with E-state index in [-0.39, 0.29) is 5.56 Å². The number of halogens is 2. The number of nitrogens with zero attached hydrogens (tertiary/aromatic N) is 1. The van der Waals surface area contributed by atoms with Crippen molar-refractivity contribution in [3.05, 3.63) is 58.6 Å². The van der Waals surface area contributed by atoms with Crippen molar-refractivity contribution < 1.29 is 9.18 Å². The summed E-state index contributed by atoms with van der Waals surface area (Å²) in [6.45, 7) is 1.11. The van der Waals surface area contributed by atoms with E-state index in [9.17, 15) is 9.18 Å². The summed E-state index contributed by atoms with van der Waals surface area (Å²) in [5, 5.41) is 2.69. The standard InChI is InChI=1S/C13H12BrFN2O/c14-10-4-3-5-11(15)12(10)13(18)16-6-9-17-7-1-2-8-17/h1-5,7-8H,6,9H2,(H,16,18). The Hall–Kier alpha value is -1.62. The zero-order valence-corrected chi connectivity index (χ0v) is 11.2. The lowest BCUT2D eigenvalue weighted by atomic mass is 10.2. The highest BCUT2D eigenvalue weighted by Crippen LogP contribution is 2.19. The second-order valence-corrected chi connectivity index (χ2v) is 4.63. The molecule has 0 aliphatic rings. The Morgan fingerprint density at radius 3 is 2.67 bits per heavy atom. The number of carbonyl (C=O) groups excluding carboxylic acids is 1. The van der Waals surface area contributed by atoms with E-state index in [1.54, 1.807) is 12.1 Å². The fraction of sp³-hybridized carbons (Fsp3) is 0.154. The van der Waals surface area contributed by atoms with Gasteiger partial charge in [-0.1, -0.05) is 6.07 Å². The van der Waals surface area contributed by atoms with Gasteiger partial charge in [-0.15, -0.1) is 0 Å². The zero-order valence-electron chi connectivity index (χ0n) is 9.57. The van der Waals surface area contributed by atoms with Crippen LogP contribution in [0.15, 0.2) is 47.2 Å². The first-order valence-electron chi connectivity index (χ1n) is 5.51. The van der Waals surface area contributed by atoms with E-state index in [1.165, 1.54) is 6.07 Å². The lowest BCUT2D eigenvalue weighted by molar-refractivity contribution is 0.0947. The number of rotatable bonds is 4. The molecule has 18 heavy (non-hydrogen) atoms. The number of aromatic nitrogens is 1. The van der Waals surface area contributed by atoms with Crippen LogP contribution in [0, 0.1) is 5.82 Å². The minimum Gasteiger partial charge on any atom is -0.353 e. The van der Waals surface area contributed by atoms with E-state index in [4.69, 9.17) is 0 Å². The van der Waals surface area contributed by atoms with Gasteiger partial charge < -0.3 is 9.88 Å². The van der Waals surface area contributed by atoms with Gasteiger partial charge in [0, 0.05) is 30.0 Å². The van der Waals surface area contributed by atoms with Gasteiger partial charge in [-0.2, -0.15) is 0 Å². The summed E-state index contributed by atoms with van der Waals surface area (Å²) in [4.78, 5) is 11.8. The molecule has 1 N–H and O–H groups in total. The normalized spacial score (nSPS) is 10.3. The van der Waals surface area contributed by atoms with Gasteiger partial charge in [-0.25, -0.2) is 4.39 Å². The lowest BCUT2D eigenvalue weighted by Gasteiger charge is -2.08. The molecule has 0 saturated carbocycles. The van der Waals surface area contributed by atoms with Crippen LogP contribution in [0.4, 0.5) is 4.39 Å². The smallest absolute Gasteiger partial charge is 0.255 e. The Balaban J connectivity index is 1.96. The minimum absolute atomic E-state index is 0.0463. The molecule has 1 aromatic carbocycles. The molecule has 2 rings (SSSR count). The molecule has 2 aromatic rings. The number of carbonyl (C=O) groups is 1.